The smallest absolute Gasteiger partial charge is 0.279 e. The average Bonchev–Trinajstić information content (AvgIpc) is 2.37. The molecule has 0 saturated carbocycles. The zero-order valence-electron chi connectivity index (χ0n) is 12.1. The summed E-state index contributed by atoms with van der Waals surface area (Å²) in [7, 11) is -3.28. The van der Waals surface area contributed by atoms with Gasteiger partial charge in [0.25, 0.3) is 10.2 Å². The van der Waals surface area contributed by atoms with Gasteiger partial charge in [-0.1, -0.05) is 13.3 Å². The predicted octanol–water partition coefficient (Wildman–Crippen LogP) is 1.08. The number of nitrogens with one attached hydrogen (secondary N) is 2. The van der Waals surface area contributed by atoms with Gasteiger partial charge in [0, 0.05) is 31.7 Å². The highest BCUT2D eigenvalue weighted by Gasteiger charge is 2.27. The summed E-state index contributed by atoms with van der Waals surface area (Å²) in [6, 6.07) is 0.779. The second-order valence-electron chi connectivity index (χ2n) is 6.13. The van der Waals surface area contributed by atoms with Crippen LogP contribution in [0.25, 0.3) is 0 Å². The molecule has 0 aromatic rings. The van der Waals surface area contributed by atoms with Gasteiger partial charge in [-0.25, -0.2) is 4.72 Å². The summed E-state index contributed by atoms with van der Waals surface area (Å²) in [6.45, 7) is 6.17. The molecule has 2 heterocycles. The average molecular weight is 289 g/mol. The molecule has 0 bridgehead atoms. The number of piperidine rings is 2. The molecule has 0 radical (unpaired) electrons. The topological polar surface area (TPSA) is 61.4 Å². The summed E-state index contributed by atoms with van der Waals surface area (Å²) >= 11 is 0. The van der Waals surface area contributed by atoms with Crippen molar-refractivity contribution in [2.45, 2.75) is 58.0 Å². The molecular weight excluding hydrogens is 262 g/mol. The molecular formula is C13H27N3O2S. The molecule has 2 aliphatic heterocycles. The first-order valence-electron chi connectivity index (χ1n) is 7.48. The van der Waals surface area contributed by atoms with Gasteiger partial charge < -0.3 is 5.32 Å². The lowest BCUT2D eigenvalue weighted by atomic mass is 10.00. The maximum atomic E-state index is 12.2. The fourth-order valence-corrected chi connectivity index (χ4v) is 4.21. The zero-order valence-corrected chi connectivity index (χ0v) is 12.9. The van der Waals surface area contributed by atoms with Crippen LogP contribution in [0.2, 0.25) is 0 Å². The van der Waals surface area contributed by atoms with Crippen molar-refractivity contribution < 1.29 is 8.42 Å². The summed E-state index contributed by atoms with van der Waals surface area (Å²) in [5, 5.41) is 3.45. The van der Waals surface area contributed by atoms with Crippen LogP contribution >= 0.6 is 0 Å². The van der Waals surface area contributed by atoms with Gasteiger partial charge >= 0.3 is 0 Å². The highest BCUT2D eigenvalue weighted by Crippen LogP contribution is 2.18. The van der Waals surface area contributed by atoms with Crippen LogP contribution < -0.4 is 10.0 Å². The SMILES string of the molecule is CC1CCN(S(=O)(=O)NCC2CCCC(C)N2)CC1. The van der Waals surface area contributed by atoms with E-state index >= 15 is 0 Å². The number of rotatable bonds is 4. The van der Waals surface area contributed by atoms with Crippen molar-refractivity contribution in [3.63, 3.8) is 0 Å². The van der Waals surface area contributed by atoms with E-state index in [1.54, 1.807) is 4.31 Å². The molecule has 0 amide bonds. The standard InChI is InChI=1S/C13H27N3O2S/c1-11-6-8-16(9-7-11)19(17,18)14-10-13-5-3-4-12(2)15-13/h11-15H,3-10H2,1-2H3. The lowest BCUT2D eigenvalue weighted by molar-refractivity contribution is 0.282. The number of hydrogen-bond donors (Lipinski definition) is 2. The molecule has 6 heteroatoms. The van der Waals surface area contributed by atoms with Gasteiger partial charge in [-0.2, -0.15) is 12.7 Å². The summed E-state index contributed by atoms with van der Waals surface area (Å²) in [5.74, 6) is 0.646. The van der Waals surface area contributed by atoms with E-state index in [4.69, 9.17) is 0 Å². The van der Waals surface area contributed by atoms with Gasteiger partial charge in [0.2, 0.25) is 0 Å². The summed E-state index contributed by atoms with van der Waals surface area (Å²) in [4.78, 5) is 0. The lowest BCUT2D eigenvalue weighted by Gasteiger charge is -2.32. The molecule has 0 aromatic carbocycles. The van der Waals surface area contributed by atoms with Crippen LogP contribution in [-0.4, -0.2) is 44.4 Å². The van der Waals surface area contributed by atoms with Crippen LogP contribution in [0.5, 0.6) is 0 Å². The van der Waals surface area contributed by atoms with Crippen LogP contribution in [0, 0.1) is 5.92 Å². The van der Waals surface area contributed by atoms with Crippen molar-refractivity contribution in [2.75, 3.05) is 19.6 Å². The maximum Gasteiger partial charge on any atom is 0.279 e. The van der Waals surface area contributed by atoms with Crippen molar-refractivity contribution >= 4 is 10.2 Å². The first kappa shape index (κ1) is 15.2. The molecule has 112 valence electrons. The third kappa shape index (κ3) is 4.41. The minimum absolute atomic E-state index is 0.280. The van der Waals surface area contributed by atoms with Crippen LogP contribution in [0.3, 0.4) is 0 Å². The highest BCUT2D eigenvalue weighted by molar-refractivity contribution is 7.87. The molecule has 2 N–H and O–H groups in total. The Labute approximate surface area is 117 Å². The van der Waals surface area contributed by atoms with E-state index in [0.29, 0.717) is 31.6 Å². The molecule has 0 aromatic heterocycles. The molecule has 2 saturated heterocycles. The first-order chi connectivity index (χ1) is 8.97. The maximum absolute atomic E-state index is 12.2. The Bertz CT molecular complexity index is 377. The van der Waals surface area contributed by atoms with Crippen molar-refractivity contribution in [2.24, 2.45) is 5.92 Å². The van der Waals surface area contributed by atoms with Gasteiger partial charge in [-0.3, -0.25) is 0 Å². The second-order valence-corrected chi connectivity index (χ2v) is 7.89. The van der Waals surface area contributed by atoms with Crippen molar-refractivity contribution in [3.05, 3.63) is 0 Å². The third-order valence-electron chi connectivity index (χ3n) is 4.30. The summed E-state index contributed by atoms with van der Waals surface area (Å²) in [5.41, 5.74) is 0. The van der Waals surface area contributed by atoms with Gasteiger partial charge in [0.05, 0.1) is 0 Å². The fraction of sp³-hybridized carbons (Fsp3) is 1.00. The fourth-order valence-electron chi connectivity index (χ4n) is 2.92. The number of nitrogens with zero attached hydrogens (tertiary/aromatic N) is 1. The Balaban J connectivity index is 1.80. The number of hydrogen-bond acceptors (Lipinski definition) is 3. The Morgan fingerprint density at radius 1 is 1.16 bits per heavy atom. The highest BCUT2D eigenvalue weighted by atomic mass is 32.2. The summed E-state index contributed by atoms with van der Waals surface area (Å²) in [6.07, 6.45) is 5.37. The van der Waals surface area contributed by atoms with Crippen molar-refractivity contribution in [1.82, 2.24) is 14.3 Å². The van der Waals surface area contributed by atoms with E-state index < -0.39 is 10.2 Å². The Morgan fingerprint density at radius 2 is 1.84 bits per heavy atom. The van der Waals surface area contributed by atoms with Crippen molar-refractivity contribution in [1.29, 1.82) is 0 Å². The molecule has 2 aliphatic rings. The van der Waals surface area contributed by atoms with E-state index in [1.807, 2.05) is 0 Å². The summed E-state index contributed by atoms with van der Waals surface area (Å²) < 4.78 is 28.8. The van der Waals surface area contributed by atoms with E-state index in [9.17, 15) is 8.42 Å². The third-order valence-corrected chi connectivity index (χ3v) is 5.88. The Kier molecular flexibility index (Phi) is 5.22. The largest absolute Gasteiger partial charge is 0.310 e. The van der Waals surface area contributed by atoms with Crippen LogP contribution in [-0.2, 0) is 10.2 Å². The Hall–Kier alpha value is -0.170. The molecule has 2 unspecified atom stereocenters. The zero-order chi connectivity index (χ0) is 13.9. The molecule has 5 nitrogen and oxygen atoms in total. The minimum atomic E-state index is -3.28. The molecule has 0 spiro atoms. The van der Waals surface area contributed by atoms with Gasteiger partial charge in [-0.05, 0) is 38.5 Å². The quantitative estimate of drug-likeness (QED) is 0.814. The van der Waals surface area contributed by atoms with E-state index in [0.717, 1.165) is 19.3 Å². The first-order valence-corrected chi connectivity index (χ1v) is 8.92. The van der Waals surface area contributed by atoms with Gasteiger partial charge in [0.1, 0.15) is 0 Å². The minimum Gasteiger partial charge on any atom is -0.310 e. The van der Waals surface area contributed by atoms with E-state index in [2.05, 4.69) is 23.9 Å². The van der Waals surface area contributed by atoms with E-state index in [1.165, 1.54) is 12.8 Å². The molecule has 2 fully saturated rings. The second kappa shape index (κ2) is 6.52. The molecule has 2 atom stereocenters. The Morgan fingerprint density at radius 3 is 2.47 bits per heavy atom. The molecule has 19 heavy (non-hydrogen) atoms. The van der Waals surface area contributed by atoms with Crippen LogP contribution in [0.4, 0.5) is 0 Å². The van der Waals surface area contributed by atoms with Crippen LogP contribution in [0.1, 0.15) is 46.0 Å². The van der Waals surface area contributed by atoms with Crippen molar-refractivity contribution in [3.8, 4) is 0 Å². The normalized spacial score (nSPS) is 31.5. The molecule has 0 aliphatic carbocycles. The van der Waals surface area contributed by atoms with Crippen LogP contribution in [0.15, 0.2) is 0 Å². The molecule has 2 rings (SSSR count). The van der Waals surface area contributed by atoms with Gasteiger partial charge in [0.15, 0.2) is 0 Å². The monoisotopic (exact) mass is 289 g/mol. The predicted molar refractivity (Wildman–Crippen MR) is 77.1 cm³/mol. The van der Waals surface area contributed by atoms with E-state index in [-0.39, 0.29) is 6.04 Å². The van der Waals surface area contributed by atoms with Gasteiger partial charge in [-0.15, -0.1) is 0 Å². The lowest BCUT2D eigenvalue weighted by Crippen LogP contribution is -2.51.